The summed E-state index contributed by atoms with van der Waals surface area (Å²) in [5.74, 6) is 0. The number of hydrogen-bond donors (Lipinski definition) is 1. The van der Waals surface area contributed by atoms with E-state index in [0.717, 1.165) is 12.2 Å². The van der Waals surface area contributed by atoms with Crippen molar-refractivity contribution in [1.82, 2.24) is 9.89 Å². The van der Waals surface area contributed by atoms with E-state index >= 15 is 0 Å². The number of rotatable bonds is 0. The second-order valence-electron chi connectivity index (χ2n) is 1.83. The van der Waals surface area contributed by atoms with Gasteiger partial charge in [-0.2, -0.15) is 9.89 Å². The van der Waals surface area contributed by atoms with Gasteiger partial charge in [0.05, 0.1) is 18.4 Å². The van der Waals surface area contributed by atoms with Crippen LogP contribution in [-0.2, 0) is 6.54 Å². The SMILES string of the molecule is C1=NCc2ccnn2N1. The van der Waals surface area contributed by atoms with E-state index in [1.165, 1.54) is 0 Å². The van der Waals surface area contributed by atoms with Gasteiger partial charge in [0.2, 0.25) is 0 Å². The molecule has 0 unspecified atom stereocenters. The quantitative estimate of drug-likeness (QED) is 0.525. The lowest BCUT2D eigenvalue weighted by Gasteiger charge is -2.07. The summed E-state index contributed by atoms with van der Waals surface area (Å²) in [7, 11) is 0. The molecule has 0 aliphatic carbocycles. The maximum atomic E-state index is 3.99. The Morgan fingerprint density at radius 3 is 3.56 bits per heavy atom. The van der Waals surface area contributed by atoms with Gasteiger partial charge < -0.3 is 0 Å². The molecule has 9 heavy (non-hydrogen) atoms. The highest BCUT2D eigenvalue weighted by Crippen LogP contribution is 1.99. The first-order valence-corrected chi connectivity index (χ1v) is 2.74. The Morgan fingerprint density at radius 1 is 1.67 bits per heavy atom. The largest absolute Gasteiger partial charge is 0.268 e. The molecule has 1 aromatic heterocycles. The van der Waals surface area contributed by atoms with Gasteiger partial charge in [-0.05, 0) is 6.07 Å². The Balaban J connectivity index is 2.46. The van der Waals surface area contributed by atoms with E-state index in [2.05, 4.69) is 15.5 Å². The number of hydrogen-bond acceptors (Lipinski definition) is 3. The van der Waals surface area contributed by atoms with Crippen LogP contribution in [0.5, 0.6) is 0 Å². The normalized spacial score (nSPS) is 14.7. The van der Waals surface area contributed by atoms with Crippen molar-refractivity contribution in [3.8, 4) is 0 Å². The summed E-state index contributed by atoms with van der Waals surface area (Å²) in [6.45, 7) is 0.729. The average molecular weight is 122 g/mol. The Bertz CT molecular complexity index is 214. The van der Waals surface area contributed by atoms with E-state index in [1.54, 1.807) is 17.3 Å². The van der Waals surface area contributed by atoms with Crippen LogP contribution in [0.25, 0.3) is 0 Å². The zero-order valence-corrected chi connectivity index (χ0v) is 4.78. The summed E-state index contributed by atoms with van der Waals surface area (Å²) in [5.41, 5.74) is 3.95. The van der Waals surface area contributed by atoms with Crippen molar-refractivity contribution in [2.45, 2.75) is 6.54 Å². The Kier molecular flexibility index (Phi) is 0.798. The molecule has 1 aromatic rings. The van der Waals surface area contributed by atoms with Crippen LogP contribution in [-0.4, -0.2) is 16.2 Å². The van der Waals surface area contributed by atoms with Gasteiger partial charge in [-0.1, -0.05) is 0 Å². The fraction of sp³-hybridized carbons (Fsp3) is 0.200. The van der Waals surface area contributed by atoms with Gasteiger partial charge in [0.15, 0.2) is 0 Å². The Labute approximate surface area is 52.2 Å². The first kappa shape index (κ1) is 4.55. The van der Waals surface area contributed by atoms with Crippen LogP contribution in [0.3, 0.4) is 0 Å². The topological polar surface area (TPSA) is 42.2 Å². The van der Waals surface area contributed by atoms with Crippen LogP contribution in [0, 0.1) is 0 Å². The molecule has 0 spiro atoms. The molecule has 1 aliphatic rings. The molecule has 1 N–H and O–H groups in total. The van der Waals surface area contributed by atoms with E-state index in [4.69, 9.17) is 0 Å². The third-order valence-corrected chi connectivity index (χ3v) is 1.25. The highest BCUT2D eigenvalue weighted by molar-refractivity contribution is 5.64. The first-order valence-electron chi connectivity index (χ1n) is 2.74. The molecule has 0 radical (unpaired) electrons. The summed E-state index contributed by atoms with van der Waals surface area (Å²) in [5, 5.41) is 3.97. The molecular weight excluding hydrogens is 116 g/mol. The monoisotopic (exact) mass is 122 g/mol. The summed E-state index contributed by atoms with van der Waals surface area (Å²) in [6, 6.07) is 1.93. The summed E-state index contributed by atoms with van der Waals surface area (Å²) in [6.07, 6.45) is 3.39. The standard InChI is InChI=1S/C5H6N4/c1-2-7-9-5(1)3-6-4-8-9/h1-2,4H,3H2,(H,6,8). The van der Waals surface area contributed by atoms with E-state index in [0.29, 0.717) is 0 Å². The number of nitrogens with one attached hydrogen (secondary N) is 1. The number of aliphatic imine (C=N–C) groups is 1. The maximum absolute atomic E-state index is 3.99. The molecule has 4 heteroatoms. The molecule has 2 rings (SSSR count). The summed E-state index contributed by atoms with van der Waals surface area (Å²) in [4.78, 5) is 5.70. The predicted molar refractivity (Wildman–Crippen MR) is 33.8 cm³/mol. The van der Waals surface area contributed by atoms with Crippen LogP contribution < -0.4 is 5.43 Å². The summed E-state index contributed by atoms with van der Waals surface area (Å²) >= 11 is 0. The van der Waals surface area contributed by atoms with Crippen LogP contribution >= 0.6 is 0 Å². The smallest absolute Gasteiger partial charge is 0.103 e. The molecule has 2 heterocycles. The van der Waals surface area contributed by atoms with Crippen molar-refractivity contribution in [1.29, 1.82) is 0 Å². The minimum absolute atomic E-state index is 0.729. The zero-order chi connectivity index (χ0) is 6.10. The number of nitrogens with zero attached hydrogens (tertiary/aromatic N) is 3. The molecule has 0 fully saturated rings. The van der Waals surface area contributed by atoms with Crippen molar-refractivity contribution < 1.29 is 0 Å². The second-order valence-corrected chi connectivity index (χ2v) is 1.83. The van der Waals surface area contributed by atoms with Gasteiger partial charge in [-0.3, -0.25) is 10.4 Å². The van der Waals surface area contributed by atoms with Crippen molar-refractivity contribution in [2.75, 3.05) is 5.43 Å². The Hall–Kier alpha value is -1.32. The van der Waals surface area contributed by atoms with E-state index < -0.39 is 0 Å². The highest BCUT2D eigenvalue weighted by atomic mass is 15.6. The molecule has 0 saturated heterocycles. The Morgan fingerprint density at radius 2 is 2.67 bits per heavy atom. The van der Waals surface area contributed by atoms with Crippen LogP contribution in [0.15, 0.2) is 17.3 Å². The van der Waals surface area contributed by atoms with Crippen molar-refractivity contribution >= 4 is 6.34 Å². The first-order chi connectivity index (χ1) is 4.47. The van der Waals surface area contributed by atoms with Gasteiger partial charge in [0.25, 0.3) is 0 Å². The minimum atomic E-state index is 0.729. The lowest BCUT2D eigenvalue weighted by molar-refractivity contribution is 0.736. The number of aromatic nitrogens is 2. The van der Waals surface area contributed by atoms with E-state index in [1.807, 2.05) is 6.07 Å². The average Bonchev–Trinajstić information content (AvgIpc) is 2.33. The molecule has 0 atom stereocenters. The third-order valence-electron chi connectivity index (χ3n) is 1.25. The zero-order valence-electron chi connectivity index (χ0n) is 4.78. The van der Waals surface area contributed by atoms with Crippen molar-refractivity contribution in [3.05, 3.63) is 18.0 Å². The minimum Gasteiger partial charge on any atom is -0.268 e. The van der Waals surface area contributed by atoms with Crippen molar-refractivity contribution in [2.24, 2.45) is 4.99 Å². The number of fused-ring (bicyclic) bond motifs is 1. The molecule has 0 bridgehead atoms. The molecule has 0 aromatic carbocycles. The van der Waals surface area contributed by atoms with Gasteiger partial charge in [-0.15, -0.1) is 0 Å². The maximum Gasteiger partial charge on any atom is 0.103 e. The van der Waals surface area contributed by atoms with E-state index in [9.17, 15) is 0 Å². The van der Waals surface area contributed by atoms with E-state index in [-0.39, 0.29) is 0 Å². The molecule has 1 aliphatic heterocycles. The molecule has 46 valence electrons. The van der Waals surface area contributed by atoms with Gasteiger partial charge >= 0.3 is 0 Å². The molecule has 0 saturated carbocycles. The lowest BCUT2D eigenvalue weighted by atomic mass is 10.4. The molecular formula is C5H6N4. The van der Waals surface area contributed by atoms with Gasteiger partial charge in [0, 0.05) is 0 Å². The highest BCUT2D eigenvalue weighted by Gasteiger charge is 2.01. The lowest BCUT2D eigenvalue weighted by Crippen LogP contribution is -2.20. The molecule has 0 amide bonds. The van der Waals surface area contributed by atoms with Crippen LogP contribution in [0.2, 0.25) is 0 Å². The fourth-order valence-electron chi connectivity index (χ4n) is 0.801. The fourth-order valence-corrected chi connectivity index (χ4v) is 0.801. The predicted octanol–water partition coefficient (Wildman–Crippen LogP) is -0.0315. The van der Waals surface area contributed by atoms with Gasteiger partial charge in [0.1, 0.15) is 6.34 Å². The third kappa shape index (κ3) is 0.595. The van der Waals surface area contributed by atoms with Gasteiger partial charge in [-0.25, -0.2) is 0 Å². The van der Waals surface area contributed by atoms with Crippen molar-refractivity contribution in [3.63, 3.8) is 0 Å². The molecule has 4 nitrogen and oxygen atoms in total. The van der Waals surface area contributed by atoms with Crippen LogP contribution in [0.4, 0.5) is 0 Å². The summed E-state index contributed by atoms with van der Waals surface area (Å²) < 4.78 is 0. The van der Waals surface area contributed by atoms with Crippen LogP contribution in [0.1, 0.15) is 5.69 Å². The second kappa shape index (κ2) is 1.58.